The lowest BCUT2D eigenvalue weighted by Gasteiger charge is -2.17. The van der Waals surface area contributed by atoms with Crippen molar-refractivity contribution in [3.63, 3.8) is 0 Å². The summed E-state index contributed by atoms with van der Waals surface area (Å²) in [7, 11) is 1.65. The average molecular weight is 291 g/mol. The van der Waals surface area contributed by atoms with Crippen LogP contribution in [0.5, 0.6) is 5.75 Å². The van der Waals surface area contributed by atoms with Gasteiger partial charge in [0.25, 0.3) is 0 Å². The second kappa shape index (κ2) is 6.78. The summed E-state index contributed by atoms with van der Waals surface area (Å²) in [5.74, 6) is 0.850. The lowest BCUT2D eigenvalue weighted by Crippen LogP contribution is -2.09. The predicted molar refractivity (Wildman–Crippen MR) is 82.7 cm³/mol. The summed E-state index contributed by atoms with van der Waals surface area (Å²) < 4.78 is 5.37. The van der Waals surface area contributed by atoms with Crippen molar-refractivity contribution in [1.82, 2.24) is 0 Å². The van der Waals surface area contributed by atoms with Crippen LogP contribution in [0.15, 0.2) is 42.5 Å². The van der Waals surface area contributed by atoms with Gasteiger partial charge in [-0.1, -0.05) is 41.4 Å². The van der Waals surface area contributed by atoms with Crippen molar-refractivity contribution in [1.29, 1.82) is 0 Å². The maximum absolute atomic E-state index is 9.69. The minimum atomic E-state index is 0.0438. The molecule has 0 radical (unpaired) electrons. The fourth-order valence-corrected chi connectivity index (χ4v) is 2.58. The van der Waals surface area contributed by atoms with E-state index in [1.165, 1.54) is 5.56 Å². The molecule has 2 aromatic rings. The highest BCUT2D eigenvalue weighted by atomic mass is 35.5. The molecule has 1 atom stereocenters. The Bertz CT molecular complexity index is 581. The third-order valence-electron chi connectivity index (χ3n) is 3.44. The zero-order chi connectivity index (χ0) is 14.5. The second-order valence-corrected chi connectivity index (χ2v) is 5.39. The van der Waals surface area contributed by atoms with Crippen LogP contribution in [0.4, 0.5) is 0 Å². The SMILES string of the molecule is COc1ccc(Cl)cc1CC(CO)c1cccc(C)c1. The zero-order valence-electron chi connectivity index (χ0n) is 11.8. The van der Waals surface area contributed by atoms with E-state index in [-0.39, 0.29) is 12.5 Å². The predicted octanol–water partition coefficient (Wildman–Crippen LogP) is 3.98. The average Bonchev–Trinajstić information content (AvgIpc) is 2.45. The number of halogens is 1. The smallest absolute Gasteiger partial charge is 0.122 e. The van der Waals surface area contributed by atoms with Gasteiger partial charge in [-0.3, -0.25) is 0 Å². The Morgan fingerprint density at radius 3 is 2.65 bits per heavy atom. The van der Waals surface area contributed by atoms with Crippen LogP contribution in [-0.2, 0) is 6.42 Å². The van der Waals surface area contributed by atoms with Crippen LogP contribution in [0, 0.1) is 6.92 Å². The van der Waals surface area contributed by atoms with Gasteiger partial charge >= 0.3 is 0 Å². The van der Waals surface area contributed by atoms with E-state index < -0.39 is 0 Å². The van der Waals surface area contributed by atoms with Crippen LogP contribution in [-0.4, -0.2) is 18.8 Å². The zero-order valence-corrected chi connectivity index (χ0v) is 12.5. The molecule has 0 saturated carbocycles. The molecule has 106 valence electrons. The monoisotopic (exact) mass is 290 g/mol. The van der Waals surface area contributed by atoms with Gasteiger partial charge in [-0.2, -0.15) is 0 Å². The Hall–Kier alpha value is -1.51. The molecule has 0 aliphatic rings. The third kappa shape index (κ3) is 3.53. The van der Waals surface area contributed by atoms with Gasteiger partial charge in [0.1, 0.15) is 5.75 Å². The highest BCUT2D eigenvalue weighted by molar-refractivity contribution is 6.30. The first-order valence-corrected chi connectivity index (χ1v) is 7.01. The number of hydrogen-bond acceptors (Lipinski definition) is 2. The van der Waals surface area contributed by atoms with Gasteiger partial charge in [-0.25, -0.2) is 0 Å². The quantitative estimate of drug-likeness (QED) is 0.903. The Balaban J connectivity index is 2.28. The molecule has 3 heteroatoms. The number of hydrogen-bond donors (Lipinski definition) is 1. The lowest BCUT2D eigenvalue weighted by atomic mass is 9.91. The summed E-state index contributed by atoms with van der Waals surface area (Å²) in [6.07, 6.45) is 0.698. The molecule has 0 bridgehead atoms. The van der Waals surface area contributed by atoms with E-state index in [2.05, 4.69) is 19.1 Å². The molecule has 2 nitrogen and oxygen atoms in total. The normalized spacial score (nSPS) is 12.2. The summed E-state index contributed by atoms with van der Waals surface area (Å²) >= 11 is 6.05. The van der Waals surface area contributed by atoms with Crippen molar-refractivity contribution in [2.75, 3.05) is 13.7 Å². The number of aryl methyl sites for hydroxylation is 1. The fraction of sp³-hybridized carbons (Fsp3) is 0.294. The van der Waals surface area contributed by atoms with Gasteiger partial charge in [0, 0.05) is 10.9 Å². The minimum Gasteiger partial charge on any atom is -0.496 e. The molecule has 1 N–H and O–H groups in total. The van der Waals surface area contributed by atoms with Gasteiger partial charge in [0.05, 0.1) is 13.7 Å². The van der Waals surface area contributed by atoms with Gasteiger partial charge in [0.15, 0.2) is 0 Å². The van der Waals surface area contributed by atoms with Crippen LogP contribution < -0.4 is 4.74 Å². The van der Waals surface area contributed by atoms with Gasteiger partial charge < -0.3 is 9.84 Å². The second-order valence-electron chi connectivity index (χ2n) is 4.95. The molecule has 2 rings (SSSR count). The molecule has 20 heavy (non-hydrogen) atoms. The summed E-state index contributed by atoms with van der Waals surface area (Å²) in [6, 6.07) is 13.8. The molecule has 1 unspecified atom stereocenters. The molecule has 0 aliphatic carbocycles. The molecule has 0 heterocycles. The van der Waals surface area contributed by atoms with E-state index in [0.29, 0.717) is 11.4 Å². The first kappa shape index (κ1) is 14.9. The maximum atomic E-state index is 9.69. The minimum absolute atomic E-state index is 0.0438. The number of aliphatic hydroxyl groups excluding tert-OH is 1. The van der Waals surface area contributed by atoms with Gasteiger partial charge in [-0.05, 0) is 42.7 Å². The highest BCUT2D eigenvalue weighted by Crippen LogP contribution is 2.29. The van der Waals surface area contributed by atoms with Crippen molar-refractivity contribution in [3.8, 4) is 5.75 Å². The van der Waals surface area contributed by atoms with E-state index >= 15 is 0 Å². The number of benzene rings is 2. The first-order valence-electron chi connectivity index (χ1n) is 6.64. The molecular weight excluding hydrogens is 272 g/mol. The summed E-state index contributed by atoms with van der Waals surface area (Å²) in [5.41, 5.74) is 3.34. The maximum Gasteiger partial charge on any atom is 0.122 e. The van der Waals surface area contributed by atoms with Gasteiger partial charge in [0.2, 0.25) is 0 Å². The Morgan fingerprint density at radius 2 is 2.00 bits per heavy atom. The summed E-state index contributed by atoms with van der Waals surface area (Å²) in [5, 5.41) is 10.4. The molecule has 0 amide bonds. The number of ether oxygens (including phenoxy) is 1. The fourth-order valence-electron chi connectivity index (χ4n) is 2.38. The molecule has 2 aromatic carbocycles. The molecule has 0 aliphatic heterocycles. The Kier molecular flexibility index (Phi) is 5.05. The van der Waals surface area contributed by atoms with Crippen molar-refractivity contribution >= 4 is 11.6 Å². The summed E-state index contributed by atoms with van der Waals surface area (Å²) in [4.78, 5) is 0. The number of aliphatic hydroxyl groups is 1. The standard InChI is InChI=1S/C17H19ClO2/c1-12-4-3-5-13(8-12)15(11-19)9-14-10-16(18)6-7-17(14)20-2/h3-8,10,15,19H,9,11H2,1-2H3. The largest absolute Gasteiger partial charge is 0.496 e. The third-order valence-corrected chi connectivity index (χ3v) is 3.68. The van der Waals surface area contributed by atoms with E-state index in [4.69, 9.17) is 16.3 Å². The molecule has 0 aromatic heterocycles. The van der Waals surface area contributed by atoms with Crippen molar-refractivity contribution in [2.24, 2.45) is 0 Å². The van der Waals surface area contributed by atoms with Crippen molar-refractivity contribution < 1.29 is 9.84 Å². The molecule has 0 spiro atoms. The van der Waals surface area contributed by atoms with Crippen LogP contribution in [0.1, 0.15) is 22.6 Å². The number of rotatable bonds is 5. The Morgan fingerprint density at radius 1 is 1.20 bits per heavy atom. The highest BCUT2D eigenvalue weighted by Gasteiger charge is 2.14. The van der Waals surface area contributed by atoms with Crippen LogP contribution >= 0.6 is 11.6 Å². The van der Waals surface area contributed by atoms with Crippen LogP contribution in [0.3, 0.4) is 0 Å². The number of methoxy groups -OCH3 is 1. The molecule has 0 saturated heterocycles. The van der Waals surface area contributed by atoms with E-state index in [1.807, 2.05) is 30.3 Å². The van der Waals surface area contributed by atoms with E-state index in [1.54, 1.807) is 7.11 Å². The Labute approximate surface area is 125 Å². The van der Waals surface area contributed by atoms with Crippen molar-refractivity contribution in [2.45, 2.75) is 19.3 Å². The summed E-state index contributed by atoms with van der Waals surface area (Å²) in [6.45, 7) is 2.15. The van der Waals surface area contributed by atoms with Crippen LogP contribution in [0.2, 0.25) is 5.02 Å². The van der Waals surface area contributed by atoms with Crippen LogP contribution in [0.25, 0.3) is 0 Å². The lowest BCUT2D eigenvalue weighted by molar-refractivity contribution is 0.263. The van der Waals surface area contributed by atoms with Crippen molar-refractivity contribution in [3.05, 3.63) is 64.2 Å². The molecular formula is C17H19ClO2. The molecule has 0 fully saturated rings. The van der Waals surface area contributed by atoms with Gasteiger partial charge in [-0.15, -0.1) is 0 Å². The van der Waals surface area contributed by atoms with E-state index in [0.717, 1.165) is 16.9 Å². The van der Waals surface area contributed by atoms with E-state index in [9.17, 15) is 5.11 Å². The topological polar surface area (TPSA) is 29.5 Å². The first-order chi connectivity index (χ1) is 9.63.